The van der Waals surface area contributed by atoms with Gasteiger partial charge in [-0.05, 0) is 37.6 Å². The first kappa shape index (κ1) is 15.0. The minimum atomic E-state index is 0.609. The third-order valence-electron chi connectivity index (χ3n) is 2.98. The van der Waals surface area contributed by atoms with E-state index in [9.17, 15) is 0 Å². The summed E-state index contributed by atoms with van der Waals surface area (Å²) in [7, 11) is 0. The van der Waals surface area contributed by atoms with E-state index in [1.165, 1.54) is 0 Å². The SMILES string of the molecule is CCCOc1cccc(Nc2ccccc2OCC)c1N. The van der Waals surface area contributed by atoms with Crippen LogP contribution in [0.15, 0.2) is 42.5 Å². The third kappa shape index (κ3) is 3.81. The maximum Gasteiger partial charge on any atom is 0.144 e. The molecule has 112 valence electrons. The first-order valence-electron chi connectivity index (χ1n) is 7.26. The predicted octanol–water partition coefficient (Wildman–Crippen LogP) is 4.20. The number of anilines is 3. The Hall–Kier alpha value is -2.36. The van der Waals surface area contributed by atoms with Crippen LogP contribution in [0.1, 0.15) is 20.3 Å². The summed E-state index contributed by atoms with van der Waals surface area (Å²) >= 11 is 0. The fourth-order valence-corrected chi connectivity index (χ4v) is 1.99. The van der Waals surface area contributed by atoms with Crippen LogP contribution in [0, 0.1) is 0 Å². The van der Waals surface area contributed by atoms with Gasteiger partial charge in [-0.25, -0.2) is 0 Å². The number of benzene rings is 2. The molecule has 0 aliphatic carbocycles. The van der Waals surface area contributed by atoms with Crippen molar-refractivity contribution in [3.8, 4) is 11.5 Å². The lowest BCUT2D eigenvalue weighted by Gasteiger charge is -2.15. The van der Waals surface area contributed by atoms with Gasteiger partial charge in [0.05, 0.1) is 30.3 Å². The molecule has 4 heteroatoms. The quantitative estimate of drug-likeness (QED) is 0.749. The molecule has 2 aromatic rings. The number of nitrogen functional groups attached to an aromatic ring is 1. The average Bonchev–Trinajstić information content (AvgIpc) is 2.50. The van der Waals surface area contributed by atoms with Crippen LogP contribution >= 0.6 is 0 Å². The van der Waals surface area contributed by atoms with Crippen molar-refractivity contribution in [1.29, 1.82) is 0 Å². The van der Waals surface area contributed by atoms with Crippen molar-refractivity contribution in [2.45, 2.75) is 20.3 Å². The van der Waals surface area contributed by atoms with Gasteiger partial charge < -0.3 is 20.5 Å². The maximum atomic E-state index is 6.17. The van der Waals surface area contributed by atoms with E-state index in [-0.39, 0.29) is 0 Å². The Morgan fingerprint density at radius 1 is 0.905 bits per heavy atom. The number of hydrogen-bond acceptors (Lipinski definition) is 4. The van der Waals surface area contributed by atoms with Crippen molar-refractivity contribution in [2.75, 3.05) is 24.3 Å². The van der Waals surface area contributed by atoms with Crippen LogP contribution in [0.5, 0.6) is 11.5 Å². The lowest BCUT2D eigenvalue weighted by atomic mass is 10.2. The molecule has 21 heavy (non-hydrogen) atoms. The molecule has 0 bridgehead atoms. The topological polar surface area (TPSA) is 56.5 Å². The summed E-state index contributed by atoms with van der Waals surface area (Å²) in [5.74, 6) is 1.51. The van der Waals surface area contributed by atoms with Crippen molar-refractivity contribution < 1.29 is 9.47 Å². The molecule has 0 radical (unpaired) electrons. The molecule has 0 atom stereocenters. The molecule has 0 heterocycles. The van der Waals surface area contributed by atoms with Gasteiger partial charge in [-0.15, -0.1) is 0 Å². The average molecular weight is 286 g/mol. The van der Waals surface area contributed by atoms with E-state index in [0.29, 0.717) is 24.7 Å². The molecule has 0 spiro atoms. The van der Waals surface area contributed by atoms with E-state index in [4.69, 9.17) is 15.2 Å². The number of rotatable bonds is 7. The standard InChI is InChI=1S/C17H22N2O2/c1-3-12-21-16-11-7-9-14(17(16)18)19-13-8-5-6-10-15(13)20-4-2/h5-11,19H,3-4,12,18H2,1-2H3. The second-order valence-electron chi connectivity index (χ2n) is 4.62. The minimum absolute atomic E-state index is 0.609. The normalized spacial score (nSPS) is 10.2. The summed E-state index contributed by atoms with van der Waals surface area (Å²) in [6, 6.07) is 13.5. The third-order valence-corrected chi connectivity index (χ3v) is 2.98. The van der Waals surface area contributed by atoms with Crippen LogP contribution in [-0.2, 0) is 0 Å². The first-order chi connectivity index (χ1) is 10.3. The number of hydrogen-bond donors (Lipinski definition) is 2. The maximum absolute atomic E-state index is 6.17. The molecule has 0 unspecified atom stereocenters. The predicted molar refractivity (Wildman–Crippen MR) is 87.5 cm³/mol. The number of para-hydroxylation sites is 3. The number of nitrogens with two attached hydrogens (primary N) is 1. The molecule has 4 nitrogen and oxygen atoms in total. The molecule has 2 rings (SSSR count). The van der Waals surface area contributed by atoms with Gasteiger partial charge in [0.25, 0.3) is 0 Å². The fraction of sp³-hybridized carbons (Fsp3) is 0.294. The molecule has 3 N–H and O–H groups in total. The molecule has 0 aromatic heterocycles. The number of ether oxygens (including phenoxy) is 2. The molecule has 0 saturated heterocycles. The minimum Gasteiger partial charge on any atom is -0.492 e. The molecule has 0 aliphatic rings. The second-order valence-corrected chi connectivity index (χ2v) is 4.62. The molecule has 0 fully saturated rings. The Bertz CT molecular complexity index is 585. The summed E-state index contributed by atoms with van der Waals surface area (Å²) in [5, 5.41) is 3.31. The monoisotopic (exact) mass is 286 g/mol. The lowest BCUT2D eigenvalue weighted by Crippen LogP contribution is -2.03. The van der Waals surface area contributed by atoms with Gasteiger partial charge in [-0.3, -0.25) is 0 Å². The van der Waals surface area contributed by atoms with E-state index in [1.54, 1.807) is 0 Å². The molecular formula is C17H22N2O2. The molecule has 2 aromatic carbocycles. The summed E-state index contributed by atoms with van der Waals surface area (Å²) < 4.78 is 11.3. The van der Waals surface area contributed by atoms with Crippen molar-refractivity contribution >= 4 is 17.1 Å². The summed E-state index contributed by atoms with van der Waals surface area (Å²) in [4.78, 5) is 0. The molecular weight excluding hydrogens is 264 g/mol. The van der Waals surface area contributed by atoms with Crippen LogP contribution in [0.25, 0.3) is 0 Å². The molecule has 0 aliphatic heterocycles. The largest absolute Gasteiger partial charge is 0.492 e. The highest BCUT2D eigenvalue weighted by atomic mass is 16.5. The van der Waals surface area contributed by atoms with Gasteiger partial charge in [0.1, 0.15) is 11.5 Å². The van der Waals surface area contributed by atoms with Gasteiger partial charge in [0.15, 0.2) is 0 Å². The zero-order valence-corrected chi connectivity index (χ0v) is 12.6. The van der Waals surface area contributed by atoms with Gasteiger partial charge in [0.2, 0.25) is 0 Å². The Morgan fingerprint density at radius 2 is 1.62 bits per heavy atom. The van der Waals surface area contributed by atoms with Crippen molar-refractivity contribution in [3.05, 3.63) is 42.5 Å². The van der Waals surface area contributed by atoms with Crippen LogP contribution in [-0.4, -0.2) is 13.2 Å². The Labute approximate surface area is 125 Å². The first-order valence-corrected chi connectivity index (χ1v) is 7.26. The van der Waals surface area contributed by atoms with Gasteiger partial charge in [-0.2, -0.15) is 0 Å². The van der Waals surface area contributed by atoms with Crippen molar-refractivity contribution in [2.24, 2.45) is 0 Å². The van der Waals surface area contributed by atoms with E-state index in [1.807, 2.05) is 49.4 Å². The van der Waals surface area contributed by atoms with Gasteiger partial charge in [-0.1, -0.05) is 25.1 Å². The van der Waals surface area contributed by atoms with Gasteiger partial charge >= 0.3 is 0 Å². The van der Waals surface area contributed by atoms with E-state index in [2.05, 4.69) is 12.2 Å². The van der Waals surface area contributed by atoms with E-state index in [0.717, 1.165) is 23.5 Å². The lowest BCUT2D eigenvalue weighted by molar-refractivity contribution is 0.319. The van der Waals surface area contributed by atoms with Crippen LogP contribution in [0.3, 0.4) is 0 Å². The number of nitrogens with one attached hydrogen (secondary N) is 1. The van der Waals surface area contributed by atoms with E-state index < -0.39 is 0 Å². The zero-order valence-electron chi connectivity index (χ0n) is 12.6. The van der Waals surface area contributed by atoms with Crippen LogP contribution in [0.2, 0.25) is 0 Å². The van der Waals surface area contributed by atoms with Gasteiger partial charge in [0, 0.05) is 0 Å². The smallest absolute Gasteiger partial charge is 0.144 e. The molecule has 0 saturated carbocycles. The highest BCUT2D eigenvalue weighted by Gasteiger charge is 2.08. The van der Waals surface area contributed by atoms with Crippen LogP contribution < -0.4 is 20.5 Å². The Balaban J connectivity index is 2.23. The highest BCUT2D eigenvalue weighted by Crippen LogP contribution is 2.34. The second kappa shape index (κ2) is 7.43. The van der Waals surface area contributed by atoms with Crippen molar-refractivity contribution in [1.82, 2.24) is 0 Å². The highest BCUT2D eigenvalue weighted by molar-refractivity contribution is 5.79. The fourth-order valence-electron chi connectivity index (χ4n) is 1.99. The van der Waals surface area contributed by atoms with E-state index >= 15 is 0 Å². The Morgan fingerprint density at radius 3 is 2.38 bits per heavy atom. The zero-order chi connectivity index (χ0) is 15.1. The Kier molecular flexibility index (Phi) is 5.32. The summed E-state index contributed by atoms with van der Waals surface area (Å²) in [6.07, 6.45) is 0.949. The van der Waals surface area contributed by atoms with Crippen LogP contribution in [0.4, 0.5) is 17.1 Å². The van der Waals surface area contributed by atoms with Crippen molar-refractivity contribution in [3.63, 3.8) is 0 Å². The molecule has 0 amide bonds. The summed E-state index contributed by atoms with van der Waals surface area (Å²) in [5.41, 5.74) is 8.48. The summed E-state index contributed by atoms with van der Waals surface area (Å²) in [6.45, 7) is 5.30.